The van der Waals surface area contributed by atoms with E-state index in [0.29, 0.717) is 5.56 Å². The summed E-state index contributed by atoms with van der Waals surface area (Å²) in [5.74, 6) is -0.717. The van der Waals surface area contributed by atoms with Crippen molar-refractivity contribution >= 4 is 17.2 Å². The third-order valence-corrected chi connectivity index (χ3v) is 4.48. The van der Waals surface area contributed by atoms with Gasteiger partial charge in [-0.25, -0.2) is 4.39 Å². The molecule has 0 aromatic heterocycles. The number of carbonyl (C=O) groups is 1. The van der Waals surface area contributed by atoms with E-state index in [2.05, 4.69) is 5.32 Å². The number of methoxy groups -OCH3 is 1. The van der Waals surface area contributed by atoms with Crippen LogP contribution in [0.4, 0.5) is 10.1 Å². The Balaban J connectivity index is 1.84. The fraction of sp³-hybridized carbons (Fsp3) is 0.174. The van der Waals surface area contributed by atoms with Gasteiger partial charge in [0.15, 0.2) is 0 Å². The first-order chi connectivity index (χ1) is 13.1. The van der Waals surface area contributed by atoms with Gasteiger partial charge in [0, 0.05) is 7.11 Å². The zero-order chi connectivity index (χ0) is 19.2. The molecule has 27 heavy (non-hydrogen) atoms. The van der Waals surface area contributed by atoms with E-state index in [9.17, 15) is 9.18 Å². The Kier molecular flexibility index (Phi) is 5.99. The standard InChI is InChI=1S/C23H22FNO2/c1-16-8-6-12-20(24)23(16)25-22(26)15-19-14-18(11-7-13-21(19)27-2)17-9-4-3-5-10-17/h3-14,21H,15H2,1-2H3,(H,25,26). The molecule has 0 spiro atoms. The van der Waals surface area contributed by atoms with Gasteiger partial charge in [0.1, 0.15) is 5.82 Å². The number of amides is 1. The summed E-state index contributed by atoms with van der Waals surface area (Å²) >= 11 is 0. The Morgan fingerprint density at radius 3 is 2.63 bits per heavy atom. The van der Waals surface area contributed by atoms with Crippen molar-refractivity contribution < 1.29 is 13.9 Å². The Labute approximate surface area is 158 Å². The summed E-state index contributed by atoms with van der Waals surface area (Å²) in [7, 11) is 1.61. The van der Waals surface area contributed by atoms with Crippen LogP contribution in [-0.4, -0.2) is 19.1 Å². The van der Waals surface area contributed by atoms with E-state index in [1.54, 1.807) is 26.2 Å². The second-order valence-electron chi connectivity index (χ2n) is 6.41. The molecule has 2 aromatic rings. The summed E-state index contributed by atoms with van der Waals surface area (Å²) in [5.41, 5.74) is 3.78. The lowest BCUT2D eigenvalue weighted by Crippen LogP contribution is -2.19. The number of anilines is 1. The molecule has 1 unspecified atom stereocenters. The third kappa shape index (κ3) is 4.60. The van der Waals surface area contributed by atoms with Crippen LogP contribution in [0.2, 0.25) is 0 Å². The zero-order valence-corrected chi connectivity index (χ0v) is 15.4. The average molecular weight is 363 g/mol. The SMILES string of the molecule is COC1C=CC=C(c2ccccc2)C=C1CC(=O)Nc1c(C)cccc1F. The minimum Gasteiger partial charge on any atom is -0.373 e. The molecule has 0 fully saturated rings. The van der Waals surface area contributed by atoms with E-state index < -0.39 is 5.82 Å². The fourth-order valence-corrected chi connectivity index (χ4v) is 3.06. The van der Waals surface area contributed by atoms with Crippen LogP contribution in [0.1, 0.15) is 17.5 Å². The van der Waals surface area contributed by atoms with Crippen LogP contribution < -0.4 is 5.32 Å². The maximum Gasteiger partial charge on any atom is 0.228 e. The van der Waals surface area contributed by atoms with E-state index in [1.165, 1.54) is 6.07 Å². The average Bonchev–Trinajstić information content (AvgIpc) is 2.87. The van der Waals surface area contributed by atoms with Crippen molar-refractivity contribution in [2.75, 3.05) is 12.4 Å². The number of ether oxygens (including phenoxy) is 1. The van der Waals surface area contributed by atoms with Crippen LogP contribution in [0.25, 0.3) is 5.57 Å². The Morgan fingerprint density at radius 1 is 1.15 bits per heavy atom. The van der Waals surface area contributed by atoms with Crippen LogP contribution in [0, 0.1) is 12.7 Å². The highest BCUT2D eigenvalue weighted by Gasteiger charge is 2.18. The normalized spacial score (nSPS) is 16.3. The van der Waals surface area contributed by atoms with Crippen LogP contribution >= 0.6 is 0 Å². The molecule has 1 N–H and O–H groups in total. The number of rotatable bonds is 5. The minimum absolute atomic E-state index is 0.112. The number of allylic oxidation sites excluding steroid dienone is 4. The number of hydrogen-bond acceptors (Lipinski definition) is 2. The smallest absolute Gasteiger partial charge is 0.228 e. The fourth-order valence-electron chi connectivity index (χ4n) is 3.06. The van der Waals surface area contributed by atoms with Crippen molar-refractivity contribution in [1.29, 1.82) is 0 Å². The first-order valence-corrected chi connectivity index (χ1v) is 8.80. The van der Waals surface area contributed by atoms with E-state index in [4.69, 9.17) is 4.74 Å². The summed E-state index contributed by atoms with van der Waals surface area (Å²) in [6, 6.07) is 14.7. The zero-order valence-electron chi connectivity index (χ0n) is 15.4. The lowest BCUT2D eigenvalue weighted by molar-refractivity contribution is -0.115. The molecule has 4 heteroatoms. The van der Waals surface area contributed by atoms with Crippen molar-refractivity contribution in [2.45, 2.75) is 19.4 Å². The molecule has 0 aliphatic heterocycles. The van der Waals surface area contributed by atoms with Crippen molar-refractivity contribution in [3.63, 3.8) is 0 Å². The van der Waals surface area contributed by atoms with E-state index >= 15 is 0 Å². The molecule has 2 aromatic carbocycles. The summed E-state index contributed by atoms with van der Waals surface area (Å²) in [6.45, 7) is 1.76. The number of para-hydroxylation sites is 1. The number of carbonyl (C=O) groups excluding carboxylic acids is 1. The Bertz CT molecular complexity index is 893. The molecule has 0 saturated carbocycles. The molecule has 3 nitrogen and oxygen atoms in total. The van der Waals surface area contributed by atoms with Gasteiger partial charge in [-0.1, -0.05) is 66.8 Å². The van der Waals surface area contributed by atoms with Gasteiger partial charge in [-0.2, -0.15) is 0 Å². The van der Waals surface area contributed by atoms with Gasteiger partial charge in [-0.15, -0.1) is 0 Å². The molecule has 0 bridgehead atoms. The van der Waals surface area contributed by atoms with Crippen molar-refractivity contribution in [2.24, 2.45) is 0 Å². The van der Waals surface area contributed by atoms with E-state index in [1.807, 2.05) is 54.6 Å². The monoisotopic (exact) mass is 363 g/mol. The molecule has 1 aliphatic rings. The first kappa shape index (κ1) is 18.8. The number of aryl methyl sites for hydroxylation is 1. The van der Waals surface area contributed by atoms with Crippen LogP contribution in [0.3, 0.4) is 0 Å². The molecule has 3 rings (SSSR count). The van der Waals surface area contributed by atoms with Gasteiger partial charge in [0.2, 0.25) is 5.91 Å². The number of benzene rings is 2. The molecule has 0 radical (unpaired) electrons. The summed E-state index contributed by atoms with van der Waals surface area (Å²) < 4.78 is 19.5. The van der Waals surface area contributed by atoms with Crippen LogP contribution in [0.15, 0.2) is 78.4 Å². The van der Waals surface area contributed by atoms with Crippen molar-refractivity contribution in [1.82, 2.24) is 0 Å². The summed E-state index contributed by atoms with van der Waals surface area (Å²) in [4.78, 5) is 12.6. The molecule has 138 valence electrons. The van der Waals surface area contributed by atoms with Crippen molar-refractivity contribution in [3.05, 3.63) is 95.4 Å². The van der Waals surface area contributed by atoms with Gasteiger partial charge in [-0.3, -0.25) is 4.79 Å². The molecular formula is C23H22FNO2. The number of halogens is 1. The van der Waals surface area contributed by atoms with Gasteiger partial charge in [0.05, 0.1) is 18.2 Å². The summed E-state index contributed by atoms with van der Waals surface area (Å²) in [5, 5.41) is 2.69. The lowest BCUT2D eigenvalue weighted by Gasteiger charge is -2.16. The first-order valence-electron chi connectivity index (χ1n) is 8.80. The highest BCUT2D eigenvalue weighted by molar-refractivity contribution is 5.94. The molecule has 0 saturated heterocycles. The third-order valence-electron chi connectivity index (χ3n) is 4.48. The molecule has 1 aliphatic carbocycles. The highest BCUT2D eigenvalue weighted by Crippen LogP contribution is 2.26. The summed E-state index contributed by atoms with van der Waals surface area (Å²) in [6.07, 6.45) is 7.60. The predicted octanol–water partition coefficient (Wildman–Crippen LogP) is 5.06. The molecule has 1 amide bonds. The van der Waals surface area contributed by atoms with Crippen LogP contribution in [0.5, 0.6) is 0 Å². The number of nitrogens with one attached hydrogen (secondary N) is 1. The van der Waals surface area contributed by atoms with Crippen LogP contribution in [-0.2, 0) is 9.53 Å². The topological polar surface area (TPSA) is 38.3 Å². The van der Waals surface area contributed by atoms with E-state index in [-0.39, 0.29) is 24.1 Å². The lowest BCUT2D eigenvalue weighted by atomic mass is 9.99. The van der Waals surface area contributed by atoms with Gasteiger partial charge in [0.25, 0.3) is 0 Å². The predicted molar refractivity (Wildman–Crippen MR) is 107 cm³/mol. The quantitative estimate of drug-likeness (QED) is 0.807. The Hall–Kier alpha value is -2.98. The highest BCUT2D eigenvalue weighted by atomic mass is 19.1. The largest absolute Gasteiger partial charge is 0.373 e. The second kappa shape index (κ2) is 8.60. The van der Waals surface area contributed by atoms with Gasteiger partial charge >= 0.3 is 0 Å². The van der Waals surface area contributed by atoms with Gasteiger partial charge < -0.3 is 10.1 Å². The van der Waals surface area contributed by atoms with Gasteiger partial charge in [-0.05, 0) is 35.3 Å². The molecule has 1 atom stereocenters. The number of hydrogen-bond donors (Lipinski definition) is 1. The second-order valence-corrected chi connectivity index (χ2v) is 6.41. The van der Waals surface area contributed by atoms with Crippen molar-refractivity contribution in [3.8, 4) is 0 Å². The Morgan fingerprint density at radius 2 is 1.93 bits per heavy atom. The molecular weight excluding hydrogens is 341 g/mol. The molecule has 0 heterocycles. The maximum atomic E-state index is 14.0. The van der Waals surface area contributed by atoms with E-state index in [0.717, 1.165) is 16.7 Å². The maximum absolute atomic E-state index is 14.0. The minimum atomic E-state index is -0.439.